The van der Waals surface area contributed by atoms with Gasteiger partial charge in [0.1, 0.15) is 11.9 Å². The van der Waals surface area contributed by atoms with E-state index in [2.05, 4.69) is 10.3 Å². The molecule has 5 rings (SSSR count). The van der Waals surface area contributed by atoms with Gasteiger partial charge in [-0.1, -0.05) is 35.9 Å². The number of rotatable bonds is 4. The minimum Gasteiger partial charge on any atom is -0.459 e. The average Bonchev–Trinajstić information content (AvgIpc) is 3.43. The monoisotopic (exact) mass is 492 g/mol. The first kappa shape index (κ1) is 23.1. The number of pyridine rings is 1. The molecule has 9 heteroatoms. The third-order valence-corrected chi connectivity index (χ3v) is 6.91. The summed E-state index contributed by atoms with van der Waals surface area (Å²) in [5.74, 6) is -0.0676. The number of hydrogen-bond acceptors (Lipinski definition) is 5. The van der Waals surface area contributed by atoms with Crippen LogP contribution < -0.4 is 5.32 Å². The lowest BCUT2D eigenvalue weighted by atomic mass is 9.91. The molecule has 35 heavy (non-hydrogen) atoms. The topological polar surface area (TPSA) is 95.8 Å². The van der Waals surface area contributed by atoms with Gasteiger partial charge in [0.25, 0.3) is 5.91 Å². The molecule has 8 nitrogen and oxygen atoms in total. The summed E-state index contributed by atoms with van der Waals surface area (Å²) >= 11 is 5.85. The van der Waals surface area contributed by atoms with Gasteiger partial charge in [-0.25, -0.2) is 4.98 Å². The molecule has 0 saturated carbocycles. The second-order valence-corrected chi connectivity index (χ2v) is 9.29. The zero-order chi connectivity index (χ0) is 24.4. The number of carbonyl (C=O) groups is 3. The van der Waals surface area contributed by atoms with Crippen molar-refractivity contribution < 1.29 is 18.8 Å². The highest BCUT2D eigenvalue weighted by Gasteiger charge is 2.39. The van der Waals surface area contributed by atoms with Crippen LogP contribution in [0.15, 0.2) is 65.4 Å². The Morgan fingerprint density at radius 3 is 2.46 bits per heavy atom. The van der Waals surface area contributed by atoms with Gasteiger partial charge in [0.05, 0.1) is 11.3 Å². The molecule has 1 N–H and O–H groups in total. The van der Waals surface area contributed by atoms with Crippen LogP contribution >= 0.6 is 11.6 Å². The van der Waals surface area contributed by atoms with Crippen molar-refractivity contribution in [3.05, 3.63) is 82.9 Å². The molecule has 180 valence electrons. The molecular formula is C26H25ClN4O4. The summed E-state index contributed by atoms with van der Waals surface area (Å²) in [7, 11) is 0. The van der Waals surface area contributed by atoms with E-state index in [4.69, 9.17) is 16.0 Å². The number of aromatic nitrogens is 1. The van der Waals surface area contributed by atoms with Crippen molar-refractivity contribution in [1.29, 1.82) is 0 Å². The molecule has 1 fully saturated rings. The zero-order valence-corrected chi connectivity index (χ0v) is 19.8. The maximum atomic E-state index is 13.6. The molecule has 0 aliphatic carbocycles. The third kappa shape index (κ3) is 4.93. The summed E-state index contributed by atoms with van der Waals surface area (Å²) in [6.45, 7) is 1.25. The van der Waals surface area contributed by atoms with Gasteiger partial charge in [-0.3, -0.25) is 14.4 Å². The van der Waals surface area contributed by atoms with Crippen molar-refractivity contribution in [1.82, 2.24) is 14.8 Å². The number of halogens is 1. The summed E-state index contributed by atoms with van der Waals surface area (Å²) < 4.78 is 5.33. The molecule has 2 aromatic heterocycles. The highest BCUT2D eigenvalue weighted by atomic mass is 35.5. The second-order valence-electron chi connectivity index (χ2n) is 8.85. The minimum atomic E-state index is -0.619. The number of furan rings is 1. The lowest BCUT2D eigenvalue weighted by Crippen LogP contribution is -2.55. The fourth-order valence-electron chi connectivity index (χ4n) is 4.75. The SMILES string of the molecule is O=C(Nc1ccc(Cl)cn1)C1CCN(C(=O)C2Cc3ccccc3CN2C(=O)c2ccco2)CC1. The number of hydrogen-bond donors (Lipinski definition) is 1. The molecule has 3 aromatic rings. The van der Waals surface area contributed by atoms with Crippen LogP contribution in [0, 0.1) is 5.92 Å². The second kappa shape index (κ2) is 9.92. The van der Waals surface area contributed by atoms with Gasteiger partial charge >= 0.3 is 0 Å². The number of fused-ring (bicyclic) bond motifs is 1. The van der Waals surface area contributed by atoms with Crippen molar-refractivity contribution in [2.24, 2.45) is 5.92 Å². The van der Waals surface area contributed by atoms with Crippen LogP contribution in [0.1, 0.15) is 34.5 Å². The Hall–Kier alpha value is -3.65. The van der Waals surface area contributed by atoms with Gasteiger partial charge in [-0.05, 0) is 48.2 Å². The Morgan fingerprint density at radius 2 is 1.77 bits per heavy atom. The van der Waals surface area contributed by atoms with Gasteiger partial charge in [0, 0.05) is 38.2 Å². The van der Waals surface area contributed by atoms with E-state index in [1.165, 1.54) is 12.5 Å². The summed E-state index contributed by atoms with van der Waals surface area (Å²) in [6, 6.07) is 13.9. The molecule has 2 aliphatic heterocycles. The molecule has 2 aliphatic rings. The number of likely N-dealkylation sites (tertiary alicyclic amines) is 1. The third-order valence-electron chi connectivity index (χ3n) is 6.68. The quantitative estimate of drug-likeness (QED) is 0.598. The molecule has 0 radical (unpaired) electrons. The van der Waals surface area contributed by atoms with Gasteiger partial charge in [-0.15, -0.1) is 0 Å². The Morgan fingerprint density at radius 1 is 1.00 bits per heavy atom. The summed E-state index contributed by atoms with van der Waals surface area (Å²) in [6.07, 6.45) is 4.47. The fraction of sp³-hybridized carbons (Fsp3) is 0.308. The average molecular weight is 493 g/mol. The molecule has 3 amide bonds. The van der Waals surface area contributed by atoms with E-state index in [-0.39, 0.29) is 29.4 Å². The highest BCUT2D eigenvalue weighted by Crippen LogP contribution is 2.28. The van der Waals surface area contributed by atoms with E-state index in [1.54, 1.807) is 34.1 Å². The molecule has 1 atom stereocenters. The number of nitrogens with one attached hydrogen (secondary N) is 1. The minimum absolute atomic E-state index is 0.0994. The molecule has 0 spiro atoms. The predicted molar refractivity (Wildman–Crippen MR) is 130 cm³/mol. The fourth-order valence-corrected chi connectivity index (χ4v) is 4.86. The summed E-state index contributed by atoms with van der Waals surface area (Å²) in [5.41, 5.74) is 2.10. The Labute approximate surface area is 207 Å². The van der Waals surface area contributed by atoms with Crippen LogP contribution in [-0.2, 0) is 22.6 Å². The Kier molecular flexibility index (Phi) is 6.55. The van der Waals surface area contributed by atoms with Crippen molar-refractivity contribution >= 4 is 35.1 Å². The lowest BCUT2D eigenvalue weighted by molar-refractivity contribution is -0.139. The van der Waals surface area contributed by atoms with Crippen molar-refractivity contribution in [3.8, 4) is 0 Å². The van der Waals surface area contributed by atoms with E-state index in [0.717, 1.165) is 11.1 Å². The molecule has 1 saturated heterocycles. The van der Waals surface area contributed by atoms with Crippen LogP contribution in [-0.4, -0.2) is 51.6 Å². The van der Waals surface area contributed by atoms with Crippen molar-refractivity contribution in [2.45, 2.75) is 31.8 Å². The Bertz CT molecular complexity index is 1220. The first-order chi connectivity index (χ1) is 17.0. The smallest absolute Gasteiger partial charge is 0.290 e. The summed E-state index contributed by atoms with van der Waals surface area (Å²) in [5, 5.41) is 3.32. The van der Waals surface area contributed by atoms with E-state index >= 15 is 0 Å². The largest absolute Gasteiger partial charge is 0.459 e. The van der Waals surface area contributed by atoms with Crippen molar-refractivity contribution in [2.75, 3.05) is 18.4 Å². The molecular weight excluding hydrogens is 468 g/mol. The normalized spacial score (nSPS) is 18.1. The number of nitrogens with zero attached hydrogens (tertiary/aromatic N) is 3. The molecule has 1 aromatic carbocycles. The van der Waals surface area contributed by atoms with E-state index in [0.29, 0.717) is 49.7 Å². The Balaban J connectivity index is 1.26. The van der Waals surface area contributed by atoms with Crippen LogP contribution in [0.2, 0.25) is 5.02 Å². The lowest BCUT2D eigenvalue weighted by Gasteiger charge is -2.40. The maximum Gasteiger partial charge on any atom is 0.290 e. The number of anilines is 1. The number of carbonyl (C=O) groups excluding carboxylic acids is 3. The van der Waals surface area contributed by atoms with Crippen LogP contribution in [0.5, 0.6) is 0 Å². The molecule has 1 unspecified atom stereocenters. The van der Waals surface area contributed by atoms with E-state index < -0.39 is 6.04 Å². The standard InChI is InChI=1S/C26H25ClN4O4/c27-20-7-8-23(28-15-20)29-24(32)17-9-11-30(12-10-17)25(33)21-14-18-4-1-2-5-19(18)16-31(21)26(34)22-6-3-13-35-22/h1-8,13,15,17,21H,9-12,14,16H2,(H,28,29,32). The number of benzene rings is 1. The molecule has 0 bridgehead atoms. The summed E-state index contributed by atoms with van der Waals surface area (Å²) in [4.78, 5) is 47.0. The number of piperidine rings is 1. The predicted octanol–water partition coefficient (Wildman–Crippen LogP) is 3.77. The first-order valence-corrected chi connectivity index (χ1v) is 12.0. The van der Waals surface area contributed by atoms with Gasteiger partial charge in [0.15, 0.2) is 5.76 Å². The van der Waals surface area contributed by atoms with E-state index in [9.17, 15) is 14.4 Å². The van der Waals surface area contributed by atoms with Gasteiger partial charge in [0.2, 0.25) is 11.8 Å². The van der Waals surface area contributed by atoms with E-state index in [1.807, 2.05) is 24.3 Å². The molecule has 4 heterocycles. The highest BCUT2D eigenvalue weighted by molar-refractivity contribution is 6.30. The van der Waals surface area contributed by atoms with Crippen LogP contribution in [0.3, 0.4) is 0 Å². The van der Waals surface area contributed by atoms with Gasteiger partial charge < -0.3 is 19.5 Å². The van der Waals surface area contributed by atoms with Crippen LogP contribution in [0.4, 0.5) is 5.82 Å². The zero-order valence-electron chi connectivity index (χ0n) is 19.0. The first-order valence-electron chi connectivity index (χ1n) is 11.6. The van der Waals surface area contributed by atoms with Crippen LogP contribution in [0.25, 0.3) is 0 Å². The van der Waals surface area contributed by atoms with Crippen molar-refractivity contribution in [3.63, 3.8) is 0 Å². The maximum absolute atomic E-state index is 13.6. The number of amides is 3. The van der Waals surface area contributed by atoms with Gasteiger partial charge in [-0.2, -0.15) is 0 Å².